The van der Waals surface area contributed by atoms with E-state index in [0.717, 1.165) is 6.42 Å². The monoisotopic (exact) mass is 356 g/mol. The summed E-state index contributed by atoms with van der Waals surface area (Å²) in [5.41, 5.74) is 0.502. The van der Waals surface area contributed by atoms with E-state index >= 15 is 0 Å². The molecule has 134 valence electrons. The van der Waals surface area contributed by atoms with Crippen LogP contribution in [0.3, 0.4) is 0 Å². The maximum atomic E-state index is 5.70. The van der Waals surface area contributed by atoms with Gasteiger partial charge in [0, 0.05) is 18.6 Å². The normalized spacial score (nSPS) is 13.1. The summed E-state index contributed by atoms with van der Waals surface area (Å²) in [4.78, 5) is 12.3. The average molecular weight is 356 g/mol. The number of benzene rings is 1. The van der Waals surface area contributed by atoms with E-state index in [4.69, 9.17) is 23.5 Å². The second kappa shape index (κ2) is 7.26. The molecule has 0 unspecified atom stereocenters. The van der Waals surface area contributed by atoms with Crippen LogP contribution in [0.5, 0.6) is 23.1 Å². The van der Waals surface area contributed by atoms with Gasteiger partial charge in [0.15, 0.2) is 18.1 Å². The highest BCUT2D eigenvalue weighted by Crippen LogP contribution is 2.33. The van der Waals surface area contributed by atoms with Crippen LogP contribution in [0, 0.1) is 0 Å². The first kappa shape index (κ1) is 16.1. The van der Waals surface area contributed by atoms with Crippen molar-refractivity contribution >= 4 is 0 Å². The number of methoxy groups -OCH3 is 1. The van der Waals surface area contributed by atoms with Crippen LogP contribution < -0.4 is 18.9 Å². The number of hydrogen-bond donors (Lipinski definition) is 0. The van der Waals surface area contributed by atoms with Gasteiger partial charge in [-0.15, -0.1) is 0 Å². The summed E-state index contributed by atoms with van der Waals surface area (Å²) >= 11 is 0. The third kappa shape index (κ3) is 3.51. The molecule has 9 nitrogen and oxygen atoms in total. The van der Waals surface area contributed by atoms with Crippen LogP contribution in [0.1, 0.15) is 12.3 Å². The molecule has 0 N–H and O–H groups in total. The van der Waals surface area contributed by atoms with Crippen molar-refractivity contribution in [1.82, 2.24) is 20.1 Å². The maximum Gasteiger partial charge on any atom is 0.264 e. The molecule has 0 amide bonds. The molecule has 0 radical (unpaired) electrons. The van der Waals surface area contributed by atoms with Crippen molar-refractivity contribution in [2.24, 2.45) is 0 Å². The van der Waals surface area contributed by atoms with Gasteiger partial charge in [0.1, 0.15) is 17.8 Å². The van der Waals surface area contributed by atoms with Crippen LogP contribution in [-0.4, -0.2) is 40.4 Å². The minimum Gasteiger partial charge on any atom is -0.490 e. The Morgan fingerprint density at radius 3 is 2.85 bits per heavy atom. The van der Waals surface area contributed by atoms with Gasteiger partial charge in [0.25, 0.3) is 5.89 Å². The zero-order chi connectivity index (χ0) is 17.8. The van der Waals surface area contributed by atoms with Gasteiger partial charge in [-0.1, -0.05) is 5.16 Å². The van der Waals surface area contributed by atoms with E-state index in [2.05, 4.69) is 20.1 Å². The summed E-state index contributed by atoms with van der Waals surface area (Å²) in [7, 11) is 1.52. The van der Waals surface area contributed by atoms with Crippen molar-refractivity contribution in [3.63, 3.8) is 0 Å². The van der Waals surface area contributed by atoms with Crippen LogP contribution in [0.4, 0.5) is 0 Å². The van der Waals surface area contributed by atoms with E-state index in [9.17, 15) is 0 Å². The predicted octanol–water partition coefficient (Wildman–Crippen LogP) is 2.28. The van der Waals surface area contributed by atoms with E-state index < -0.39 is 0 Å². The predicted molar refractivity (Wildman–Crippen MR) is 88.3 cm³/mol. The highest BCUT2D eigenvalue weighted by molar-refractivity contribution is 5.49. The van der Waals surface area contributed by atoms with E-state index in [-0.39, 0.29) is 6.61 Å². The second-order valence-corrected chi connectivity index (χ2v) is 5.41. The van der Waals surface area contributed by atoms with E-state index in [1.807, 2.05) is 6.07 Å². The molecular formula is C17H16N4O5. The number of nitrogens with zero attached hydrogens (tertiary/aromatic N) is 4. The number of hydrogen-bond acceptors (Lipinski definition) is 9. The molecule has 1 aliphatic rings. The fraction of sp³-hybridized carbons (Fsp3) is 0.294. The van der Waals surface area contributed by atoms with Crippen LogP contribution in [0.2, 0.25) is 0 Å². The Balaban J connectivity index is 1.44. The van der Waals surface area contributed by atoms with Crippen LogP contribution in [0.25, 0.3) is 11.5 Å². The third-order valence-electron chi connectivity index (χ3n) is 3.63. The zero-order valence-electron chi connectivity index (χ0n) is 14.0. The number of ether oxygens (including phenoxy) is 4. The molecule has 3 aromatic rings. The Kier molecular flexibility index (Phi) is 4.50. The standard InChI is InChI=1S/C17H16N4O5/c1-22-15-8-12(18-10-19-15)17-20-16(26-21-17)9-25-11-3-4-13-14(7-11)24-6-2-5-23-13/h3-4,7-8,10H,2,5-6,9H2,1H3. The lowest BCUT2D eigenvalue weighted by Crippen LogP contribution is -1.98. The third-order valence-corrected chi connectivity index (χ3v) is 3.63. The van der Waals surface area contributed by atoms with Gasteiger partial charge >= 0.3 is 0 Å². The van der Waals surface area contributed by atoms with E-state index in [0.29, 0.717) is 53.8 Å². The summed E-state index contributed by atoms with van der Waals surface area (Å²) < 4.78 is 27.2. The van der Waals surface area contributed by atoms with Gasteiger partial charge < -0.3 is 23.5 Å². The molecule has 2 aromatic heterocycles. The topological polar surface area (TPSA) is 102 Å². The highest BCUT2D eigenvalue weighted by atomic mass is 16.5. The van der Waals surface area contributed by atoms with Gasteiger partial charge in [-0.25, -0.2) is 9.97 Å². The Morgan fingerprint density at radius 2 is 1.96 bits per heavy atom. The maximum absolute atomic E-state index is 5.70. The van der Waals surface area contributed by atoms with Gasteiger partial charge in [0.05, 0.1) is 20.3 Å². The highest BCUT2D eigenvalue weighted by Gasteiger charge is 2.14. The zero-order valence-corrected chi connectivity index (χ0v) is 14.0. The van der Waals surface area contributed by atoms with Gasteiger partial charge in [-0.2, -0.15) is 4.98 Å². The van der Waals surface area contributed by atoms with Crippen LogP contribution in [0.15, 0.2) is 35.1 Å². The first-order chi connectivity index (χ1) is 12.8. The molecule has 1 aromatic carbocycles. The quantitative estimate of drug-likeness (QED) is 0.681. The Labute approximate surface area is 148 Å². The van der Waals surface area contributed by atoms with Gasteiger partial charge in [-0.3, -0.25) is 0 Å². The van der Waals surface area contributed by atoms with E-state index in [1.54, 1.807) is 18.2 Å². The Bertz CT molecular complexity index is 898. The fourth-order valence-electron chi connectivity index (χ4n) is 2.37. The lowest BCUT2D eigenvalue weighted by atomic mass is 10.3. The van der Waals surface area contributed by atoms with Crippen LogP contribution in [-0.2, 0) is 6.61 Å². The summed E-state index contributed by atoms with van der Waals surface area (Å²) in [5.74, 6) is 3.09. The Morgan fingerprint density at radius 1 is 1.08 bits per heavy atom. The van der Waals surface area contributed by atoms with Crippen molar-refractivity contribution in [2.75, 3.05) is 20.3 Å². The number of aromatic nitrogens is 4. The number of fused-ring (bicyclic) bond motifs is 1. The Hall–Kier alpha value is -3.36. The molecule has 0 bridgehead atoms. The summed E-state index contributed by atoms with van der Waals surface area (Å²) in [5, 5.41) is 3.90. The lowest BCUT2D eigenvalue weighted by molar-refractivity contribution is 0.241. The fourth-order valence-corrected chi connectivity index (χ4v) is 2.37. The number of rotatable bonds is 5. The van der Waals surface area contributed by atoms with Crippen molar-refractivity contribution in [1.29, 1.82) is 0 Å². The molecular weight excluding hydrogens is 340 g/mol. The molecule has 1 aliphatic heterocycles. The molecule has 9 heteroatoms. The minimum absolute atomic E-state index is 0.120. The molecule has 0 saturated heterocycles. The van der Waals surface area contributed by atoms with Crippen molar-refractivity contribution in [2.45, 2.75) is 13.0 Å². The van der Waals surface area contributed by atoms with Crippen molar-refractivity contribution < 1.29 is 23.5 Å². The molecule has 0 atom stereocenters. The first-order valence-electron chi connectivity index (χ1n) is 8.03. The molecule has 0 fully saturated rings. The molecule has 26 heavy (non-hydrogen) atoms. The van der Waals surface area contributed by atoms with Crippen LogP contribution >= 0.6 is 0 Å². The summed E-state index contributed by atoms with van der Waals surface area (Å²) in [6.07, 6.45) is 2.22. The van der Waals surface area contributed by atoms with E-state index in [1.165, 1.54) is 13.4 Å². The van der Waals surface area contributed by atoms with Crippen molar-refractivity contribution in [3.8, 4) is 34.6 Å². The molecule has 3 heterocycles. The van der Waals surface area contributed by atoms with Gasteiger partial charge in [0.2, 0.25) is 11.7 Å². The minimum atomic E-state index is 0.120. The molecule has 0 saturated carbocycles. The lowest BCUT2D eigenvalue weighted by Gasteiger charge is -2.09. The molecule has 0 aliphatic carbocycles. The second-order valence-electron chi connectivity index (χ2n) is 5.41. The smallest absolute Gasteiger partial charge is 0.264 e. The summed E-state index contributed by atoms with van der Waals surface area (Å²) in [6.45, 7) is 1.38. The molecule has 4 rings (SSSR count). The average Bonchev–Trinajstić information content (AvgIpc) is 3.04. The van der Waals surface area contributed by atoms with Crippen molar-refractivity contribution in [3.05, 3.63) is 36.5 Å². The molecule has 0 spiro atoms. The first-order valence-corrected chi connectivity index (χ1v) is 8.03. The summed E-state index contributed by atoms with van der Waals surface area (Å²) in [6, 6.07) is 7.04. The largest absolute Gasteiger partial charge is 0.490 e. The SMILES string of the molecule is COc1cc(-c2noc(COc3ccc4c(c3)OCCCO4)n2)ncn1. The van der Waals surface area contributed by atoms with Gasteiger partial charge in [-0.05, 0) is 12.1 Å².